The molecule has 0 unspecified atom stereocenters. The van der Waals surface area contributed by atoms with Gasteiger partial charge in [-0.15, -0.1) is 10.2 Å². The number of anilines is 1. The largest absolute Gasteiger partial charge is 0.379 e. The molecular formula is C17H21N5O5S2. The summed E-state index contributed by atoms with van der Waals surface area (Å²) in [6.07, 6.45) is 0. The van der Waals surface area contributed by atoms with Gasteiger partial charge in [-0.1, -0.05) is 23.5 Å². The number of ether oxygens (including phenoxy) is 1. The number of imide groups is 1. The summed E-state index contributed by atoms with van der Waals surface area (Å²) in [4.78, 5) is 28.0. The normalized spacial score (nSPS) is 15.2. The Balaban J connectivity index is 1.78. The summed E-state index contributed by atoms with van der Waals surface area (Å²) >= 11 is 0.643. The number of amides is 2. The van der Waals surface area contributed by atoms with E-state index in [1.165, 1.54) is 14.0 Å². The number of nitrogens with one attached hydrogen (secondary N) is 1. The number of carbonyl (C=O) groups is 2. The molecule has 12 heteroatoms. The van der Waals surface area contributed by atoms with E-state index in [-0.39, 0.29) is 9.47 Å². The van der Waals surface area contributed by atoms with Crippen molar-refractivity contribution < 1.29 is 22.7 Å². The van der Waals surface area contributed by atoms with Crippen molar-refractivity contribution in [2.45, 2.75) is 17.8 Å². The highest BCUT2D eigenvalue weighted by Crippen LogP contribution is 2.25. The second-order valence-electron chi connectivity index (χ2n) is 6.30. The van der Waals surface area contributed by atoms with Crippen molar-refractivity contribution in [3.63, 3.8) is 0 Å². The molecule has 1 fully saturated rings. The molecule has 0 atom stereocenters. The monoisotopic (exact) mass is 439 g/mol. The minimum Gasteiger partial charge on any atom is -0.379 e. The molecule has 1 aromatic carbocycles. The minimum absolute atomic E-state index is 0.103. The third-order valence-electron chi connectivity index (χ3n) is 4.31. The number of hydrogen-bond donors (Lipinski definition) is 1. The van der Waals surface area contributed by atoms with Crippen molar-refractivity contribution >= 4 is 38.3 Å². The van der Waals surface area contributed by atoms with E-state index < -0.39 is 21.8 Å². The molecule has 1 saturated heterocycles. The van der Waals surface area contributed by atoms with Crippen LogP contribution in [0, 0.1) is 0 Å². The highest BCUT2D eigenvalue weighted by Gasteiger charge is 2.28. The fourth-order valence-electron chi connectivity index (χ4n) is 2.75. The molecule has 2 heterocycles. The van der Waals surface area contributed by atoms with Gasteiger partial charge in [-0.05, 0) is 24.7 Å². The van der Waals surface area contributed by atoms with Crippen LogP contribution in [0.4, 0.5) is 5.13 Å². The first kappa shape index (κ1) is 21.5. The maximum absolute atomic E-state index is 12.9. The van der Waals surface area contributed by atoms with Crippen LogP contribution in [0.5, 0.6) is 0 Å². The molecule has 2 aromatic rings. The summed E-state index contributed by atoms with van der Waals surface area (Å²) in [5.41, 5.74) is 1.33. The molecule has 2 amide bonds. The Bertz CT molecular complexity index is 984. The molecule has 1 aliphatic heterocycles. The van der Waals surface area contributed by atoms with Gasteiger partial charge in [-0.2, -0.15) is 0 Å². The van der Waals surface area contributed by atoms with Crippen molar-refractivity contribution in [2.75, 3.05) is 38.3 Å². The zero-order valence-electron chi connectivity index (χ0n) is 16.0. The van der Waals surface area contributed by atoms with E-state index in [2.05, 4.69) is 19.8 Å². The van der Waals surface area contributed by atoms with Crippen LogP contribution in [-0.2, 0) is 26.1 Å². The van der Waals surface area contributed by atoms with E-state index in [4.69, 9.17) is 4.74 Å². The van der Waals surface area contributed by atoms with E-state index in [0.29, 0.717) is 30.1 Å². The number of nitrogens with zero attached hydrogens (tertiary/aromatic N) is 4. The maximum atomic E-state index is 12.9. The third-order valence-corrected chi connectivity index (χ3v) is 7.00. The van der Waals surface area contributed by atoms with Crippen LogP contribution >= 0.6 is 11.3 Å². The van der Waals surface area contributed by atoms with Gasteiger partial charge >= 0.3 is 0 Å². The molecule has 1 aliphatic rings. The Morgan fingerprint density at radius 1 is 1.21 bits per heavy atom. The lowest BCUT2D eigenvalue weighted by molar-refractivity contribution is -0.115. The minimum atomic E-state index is -3.81. The highest BCUT2D eigenvalue weighted by atomic mass is 32.2. The summed E-state index contributed by atoms with van der Waals surface area (Å²) in [7, 11) is -2.58. The summed E-state index contributed by atoms with van der Waals surface area (Å²) in [5.74, 6) is -1.18. The van der Waals surface area contributed by atoms with Crippen LogP contribution in [0.2, 0.25) is 0 Å². The lowest BCUT2D eigenvalue weighted by Crippen LogP contribution is -2.36. The molecule has 0 spiro atoms. The maximum Gasteiger partial charge on any atom is 0.269 e. The Hall–Kier alpha value is -2.25. The van der Waals surface area contributed by atoms with Crippen LogP contribution < -0.4 is 9.62 Å². The molecule has 0 saturated carbocycles. The molecule has 0 bridgehead atoms. The SMILES string of the molecule is CNS(=O)(=O)c1nnc(N(C(C)=O)C(=O)c2ccc(CN3CCOCC3)cc2)s1. The average molecular weight is 440 g/mol. The average Bonchev–Trinajstić information content (AvgIpc) is 3.19. The van der Waals surface area contributed by atoms with Gasteiger partial charge in [0.05, 0.1) is 13.2 Å². The van der Waals surface area contributed by atoms with Crippen molar-refractivity contribution in [1.29, 1.82) is 0 Å². The second-order valence-corrected chi connectivity index (χ2v) is 9.32. The molecule has 0 radical (unpaired) electrons. The van der Waals surface area contributed by atoms with E-state index in [1.807, 2.05) is 12.1 Å². The summed E-state index contributed by atoms with van der Waals surface area (Å²) in [6.45, 7) is 5.07. The van der Waals surface area contributed by atoms with Gasteiger partial charge in [-0.3, -0.25) is 14.5 Å². The smallest absolute Gasteiger partial charge is 0.269 e. The van der Waals surface area contributed by atoms with Crippen molar-refractivity contribution in [2.24, 2.45) is 0 Å². The van der Waals surface area contributed by atoms with Gasteiger partial charge in [0.15, 0.2) is 0 Å². The molecule has 10 nitrogen and oxygen atoms in total. The van der Waals surface area contributed by atoms with Crippen LogP contribution in [0.1, 0.15) is 22.8 Å². The molecule has 1 aromatic heterocycles. The van der Waals surface area contributed by atoms with E-state index >= 15 is 0 Å². The summed E-state index contributed by atoms with van der Waals surface area (Å²) < 4.78 is 30.8. The molecule has 29 heavy (non-hydrogen) atoms. The highest BCUT2D eigenvalue weighted by molar-refractivity contribution is 7.91. The number of carbonyl (C=O) groups excluding carboxylic acids is 2. The Morgan fingerprint density at radius 3 is 2.45 bits per heavy atom. The molecule has 0 aliphatic carbocycles. The Labute approximate surface area is 172 Å². The number of benzene rings is 1. The van der Waals surface area contributed by atoms with Crippen LogP contribution in [0.25, 0.3) is 0 Å². The number of sulfonamides is 1. The van der Waals surface area contributed by atoms with E-state index in [0.717, 1.165) is 30.1 Å². The number of aromatic nitrogens is 2. The van der Waals surface area contributed by atoms with Crippen LogP contribution in [-0.4, -0.2) is 68.7 Å². The van der Waals surface area contributed by atoms with Gasteiger partial charge in [-0.25, -0.2) is 18.0 Å². The third kappa shape index (κ3) is 5.03. The van der Waals surface area contributed by atoms with Gasteiger partial charge in [0.1, 0.15) is 0 Å². The first-order chi connectivity index (χ1) is 13.8. The first-order valence-corrected chi connectivity index (χ1v) is 11.1. The molecule has 156 valence electrons. The predicted molar refractivity (Wildman–Crippen MR) is 106 cm³/mol. The Morgan fingerprint density at radius 2 is 1.86 bits per heavy atom. The zero-order chi connectivity index (χ0) is 21.0. The lowest BCUT2D eigenvalue weighted by atomic mass is 10.1. The number of rotatable bonds is 6. The first-order valence-electron chi connectivity index (χ1n) is 8.83. The van der Waals surface area contributed by atoms with Crippen LogP contribution in [0.15, 0.2) is 28.6 Å². The van der Waals surface area contributed by atoms with Crippen LogP contribution in [0.3, 0.4) is 0 Å². The van der Waals surface area contributed by atoms with Gasteiger partial charge in [0.2, 0.25) is 15.4 Å². The van der Waals surface area contributed by atoms with E-state index in [9.17, 15) is 18.0 Å². The molecule has 3 rings (SSSR count). The standard InChI is InChI=1S/C17H21N5O5S2/c1-12(23)22(16-19-20-17(28-16)29(25,26)18-2)15(24)14-5-3-13(4-6-14)11-21-7-9-27-10-8-21/h3-6,18H,7-11H2,1-2H3. The van der Waals surface area contributed by atoms with E-state index in [1.54, 1.807) is 12.1 Å². The predicted octanol–water partition coefficient (Wildman–Crippen LogP) is 0.472. The number of morpholine rings is 1. The topological polar surface area (TPSA) is 122 Å². The van der Waals surface area contributed by atoms with Gasteiger partial charge in [0, 0.05) is 32.1 Å². The summed E-state index contributed by atoms with van der Waals surface area (Å²) in [6, 6.07) is 6.94. The van der Waals surface area contributed by atoms with Gasteiger partial charge in [0.25, 0.3) is 15.9 Å². The van der Waals surface area contributed by atoms with Crippen molar-refractivity contribution in [3.05, 3.63) is 35.4 Å². The van der Waals surface area contributed by atoms with Crippen molar-refractivity contribution in [3.8, 4) is 0 Å². The van der Waals surface area contributed by atoms with Crippen molar-refractivity contribution in [1.82, 2.24) is 19.8 Å². The lowest BCUT2D eigenvalue weighted by Gasteiger charge is -2.26. The fourth-order valence-corrected chi connectivity index (χ4v) is 4.61. The second kappa shape index (κ2) is 9.05. The summed E-state index contributed by atoms with van der Waals surface area (Å²) in [5, 5.41) is 7.18. The van der Waals surface area contributed by atoms with Gasteiger partial charge < -0.3 is 4.74 Å². The zero-order valence-corrected chi connectivity index (χ0v) is 17.6. The Kier molecular flexibility index (Phi) is 6.70. The molecule has 1 N–H and O–H groups in total. The quantitative estimate of drug-likeness (QED) is 0.645. The number of hydrogen-bond acceptors (Lipinski definition) is 9. The molecular weight excluding hydrogens is 418 g/mol. The fraction of sp³-hybridized carbons (Fsp3) is 0.412.